The number of para-hydroxylation sites is 1. The lowest BCUT2D eigenvalue weighted by Gasteiger charge is -2.31. The zero-order chi connectivity index (χ0) is 21.6. The van der Waals surface area contributed by atoms with Crippen LogP contribution in [0, 0.1) is 12.8 Å². The molecule has 1 N–H and O–H groups in total. The summed E-state index contributed by atoms with van der Waals surface area (Å²) in [6.45, 7) is 3.13. The Bertz CT molecular complexity index is 1050. The highest BCUT2D eigenvalue weighted by Crippen LogP contribution is 2.26. The molecule has 2 amide bonds. The SMILES string of the molecule is Cc1ccccc1-c1nnc(SCC(=O)N2CCC(C(=O)Nc3ccccc3)CC2)o1. The van der Waals surface area contributed by atoms with Gasteiger partial charge in [0.1, 0.15) is 0 Å². The van der Waals surface area contributed by atoms with Crippen molar-refractivity contribution in [2.75, 3.05) is 24.2 Å². The number of carbonyl (C=O) groups is 2. The molecule has 0 spiro atoms. The number of amides is 2. The van der Waals surface area contributed by atoms with Gasteiger partial charge in [-0.3, -0.25) is 9.59 Å². The smallest absolute Gasteiger partial charge is 0.277 e. The Hall–Kier alpha value is -3.13. The van der Waals surface area contributed by atoms with E-state index in [1.54, 1.807) is 4.90 Å². The van der Waals surface area contributed by atoms with Gasteiger partial charge in [-0.1, -0.05) is 48.2 Å². The van der Waals surface area contributed by atoms with E-state index in [-0.39, 0.29) is 23.5 Å². The van der Waals surface area contributed by atoms with Crippen molar-refractivity contribution in [1.82, 2.24) is 15.1 Å². The normalized spacial score (nSPS) is 14.4. The summed E-state index contributed by atoms with van der Waals surface area (Å²) >= 11 is 1.24. The minimum atomic E-state index is -0.0791. The zero-order valence-corrected chi connectivity index (χ0v) is 18.1. The van der Waals surface area contributed by atoms with E-state index >= 15 is 0 Å². The number of piperidine rings is 1. The molecule has 7 nitrogen and oxygen atoms in total. The number of likely N-dealkylation sites (tertiary alicyclic amines) is 1. The molecule has 1 aliphatic rings. The second-order valence-corrected chi connectivity index (χ2v) is 8.41. The first-order chi connectivity index (χ1) is 15.1. The number of hydrogen-bond donors (Lipinski definition) is 1. The molecule has 2 heterocycles. The van der Waals surface area contributed by atoms with Crippen LogP contribution in [-0.4, -0.2) is 45.8 Å². The van der Waals surface area contributed by atoms with Crippen molar-refractivity contribution in [1.29, 1.82) is 0 Å². The third-order valence-electron chi connectivity index (χ3n) is 5.36. The Morgan fingerprint density at radius 2 is 1.77 bits per heavy atom. The minimum absolute atomic E-state index is 0.0160. The summed E-state index contributed by atoms with van der Waals surface area (Å²) in [6.07, 6.45) is 1.32. The Kier molecular flexibility index (Phi) is 6.66. The van der Waals surface area contributed by atoms with Gasteiger partial charge < -0.3 is 14.6 Å². The molecule has 1 fully saturated rings. The minimum Gasteiger partial charge on any atom is -0.411 e. The maximum atomic E-state index is 12.6. The third-order valence-corrected chi connectivity index (χ3v) is 6.16. The summed E-state index contributed by atoms with van der Waals surface area (Å²) in [5.41, 5.74) is 2.74. The molecule has 0 bridgehead atoms. The van der Waals surface area contributed by atoms with Crippen LogP contribution in [0.25, 0.3) is 11.5 Å². The lowest BCUT2D eigenvalue weighted by molar-refractivity contribution is -0.132. The lowest BCUT2D eigenvalue weighted by Crippen LogP contribution is -2.42. The van der Waals surface area contributed by atoms with Gasteiger partial charge in [-0.05, 0) is 43.5 Å². The van der Waals surface area contributed by atoms with Gasteiger partial charge in [0.05, 0.1) is 5.75 Å². The van der Waals surface area contributed by atoms with Gasteiger partial charge in [0.25, 0.3) is 5.22 Å². The largest absolute Gasteiger partial charge is 0.411 e. The van der Waals surface area contributed by atoms with Gasteiger partial charge in [0, 0.05) is 30.3 Å². The first-order valence-electron chi connectivity index (χ1n) is 10.3. The van der Waals surface area contributed by atoms with Crippen LogP contribution in [0.4, 0.5) is 5.69 Å². The van der Waals surface area contributed by atoms with Crippen LogP contribution in [0.15, 0.2) is 64.2 Å². The summed E-state index contributed by atoms with van der Waals surface area (Å²) in [5.74, 6) is 0.642. The standard InChI is InChI=1S/C23H24N4O3S/c1-16-7-5-6-10-19(16)22-25-26-23(30-22)31-15-20(28)27-13-11-17(12-14-27)21(29)24-18-8-3-2-4-9-18/h2-10,17H,11-15H2,1H3,(H,24,29). The summed E-state index contributed by atoms with van der Waals surface area (Å²) < 4.78 is 5.71. The monoisotopic (exact) mass is 436 g/mol. The van der Waals surface area contributed by atoms with Crippen molar-refractivity contribution in [3.63, 3.8) is 0 Å². The second kappa shape index (κ2) is 9.78. The molecule has 8 heteroatoms. The highest BCUT2D eigenvalue weighted by Gasteiger charge is 2.27. The number of aromatic nitrogens is 2. The van der Waals surface area contributed by atoms with E-state index in [1.807, 2.05) is 61.5 Å². The lowest BCUT2D eigenvalue weighted by atomic mass is 9.96. The van der Waals surface area contributed by atoms with Crippen molar-refractivity contribution >= 4 is 29.3 Å². The van der Waals surface area contributed by atoms with Gasteiger partial charge in [-0.2, -0.15) is 0 Å². The zero-order valence-electron chi connectivity index (χ0n) is 17.3. The van der Waals surface area contributed by atoms with Crippen molar-refractivity contribution < 1.29 is 14.0 Å². The van der Waals surface area contributed by atoms with E-state index in [4.69, 9.17) is 4.42 Å². The van der Waals surface area contributed by atoms with Crippen molar-refractivity contribution in [2.45, 2.75) is 25.0 Å². The summed E-state index contributed by atoms with van der Waals surface area (Å²) in [5, 5.41) is 11.5. The summed E-state index contributed by atoms with van der Waals surface area (Å²) in [6, 6.07) is 17.2. The average Bonchev–Trinajstić information content (AvgIpc) is 3.27. The van der Waals surface area contributed by atoms with E-state index in [0.717, 1.165) is 16.8 Å². The van der Waals surface area contributed by atoms with E-state index in [0.29, 0.717) is 37.0 Å². The molecule has 0 aliphatic carbocycles. The Labute approximate surface area is 185 Å². The number of thioether (sulfide) groups is 1. The number of hydrogen-bond acceptors (Lipinski definition) is 6. The number of aryl methyl sites for hydroxylation is 1. The molecule has 1 aromatic heterocycles. The van der Waals surface area contributed by atoms with Crippen molar-refractivity contribution in [2.24, 2.45) is 5.92 Å². The van der Waals surface area contributed by atoms with Gasteiger partial charge in [-0.15, -0.1) is 10.2 Å². The van der Waals surface area contributed by atoms with Gasteiger partial charge >= 0.3 is 0 Å². The Morgan fingerprint density at radius 1 is 1.06 bits per heavy atom. The van der Waals surface area contributed by atoms with Gasteiger partial charge in [-0.25, -0.2) is 0 Å². The molecule has 0 atom stereocenters. The number of anilines is 1. The van der Waals surface area contributed by atoms with Crippen LogP contribution < -0.4 is 5.32 Å². The van der Waals surface area contributed by atoms with E-state index in [1.165, 1.54) is 11.8 Å². The summed E-state index contributed by atoms with van der Waals surface area (Å²) in [4.78, 5) is 26.8. The molecular weight excluding hydrogens is 412 g/mol. The number of nitrogens with zero attached hydrogens (tertiary/aromatic N) is 3. The van der Waals surface area contributed by atoms with Gasteiger partial charge in [0.2, 0.25) is 17.7 Å². The molecule has 2 aromatic carbocycles. The van der Waals surface area contributed by atoms with Crippen molar-refractivity contribution in [3.8, 4) is 11.5 Å². The van der Waals surface area contributed by atoms with E-state index < -0.39 is 0 Å². The van der Waals surface area contributed by atoms with E-state index in [9.17, 15) is 9.59 Å². The van der Waals surface area contributed by atoms with Crippen LogP contribution in [0.5, 0.6) is 0 Å². The van der Waals surface area contributed by atoms with E-state index in [2.05, 4.69) is 15.5 Å². The Balaban J connectivity index is 1.24. The molecule has 1 aliphatic heterocycles. The number of rotatable bonds is 6. The highest BCUT2D eigenvalue weighted by atomic mass is 32.2. The van der Waals surface area contributed by atoms with Crippen LogP contribution in [-0.2, 0) is 9.59 Å². The van der Waals surface area contributed by atoms with Crippen LogP contribution in [0.1, 0.15) is 18.4 Å². The van der Waals surface area contributed by atoms with Crippen LogP contribution in [0.3, 0.4) is 0 Å². The molecule has 4 rings (SSSR count). The molecule has 0 radical (unpaired) electrons. The van der Waals surface area contributed by atoms with Gasteiger partial charge in [0.15, 0.2) is 0 Å². The second-order valence-electron chi connectivity index (χ2n) is 7.49. The quantitative estimate of drug-likeness (QED) is 0.587. The van der Waals surface area contributed by atoms with Crippen LogP contribution >= 0.6 is 11.8 Å². The predicted molar refractivity (Wildman–Crippen MR) is 120 cm³/mol. The first-order valence-corrected chi connectivity index (χ1v) is 11.2. The maximum absolute atomic E-state index is 12.6. The predicted octanol–water partition coefficient (Wildman–Crippen LogP) is 4.01. The Morgan fingerprint density at radius 3 is 2.52 bits per heavy atom. The molecule has 1 saturated heterocycles. The third kappa shape index (κ3) is 5.32. The number of benzene rings is 2. The fraction of sp³-hybridized carbons (Fsp3) is 0.304. The average molecular weight is 437 g/mol. The summed E-state index contributed by atoms with van der Waals surface area (Å²) in [7, 11) is 0. The molecule has 0 saturated carbocycles. The molecule has 0 unspecified atom stereocenters. The molecule has 31 heavy (non-hydrogen) atoms. The topological polar surface area (TPSA) is 88.3 Å². The molecule has 160 valence electrons. The number of carbonyl (C=O) groups excluding carboxylic acids is 2. The first kappa shape index (κ1) is 21.1. The fourth-order valence-electron chi connectivity index (χ4n) is 3.56. The molecular formula is C23H24N4O3S. The number of nitrogens with one attached hydrogen (secondary N) is 1. The highest BCUT2D eigenvalue weighted by molar-refractivity contribution is 7.99. The van der Waals surface area contributed by atoms with Crippen LogP contribution in [0.2, 0.25) is 0 Å². The van der Waals surface area contributed by atoms with Crippen molar-refractivity contribution in [3.05, 3.63) is 60.2 Å². The molecule has 3 aromatic rings. The maximum Gasteiger partial charge on any atom is 0.277 e. The fourth-order valence-corrected chi connectivity index (χ4v) is 4.23.